The summed E-state index contributed by atoms with van der Waals surface area (Å²) < 4.78 is 12.4. The fourth-order valence-corrected chi connectivity index (χ4v) is 7.86. The third-order valence-electron chi connectivity index (χ3n) is 9.70. The lowest BCUT2D eigenvalue weighted by Gasteiger charge is -2.42. The lowest BCUT2D eigenvalue weighted by molar-refractivity contribution is -0.160. The van der Waals surface area contributed by atoms with Gasteiger partial charge in [-0.1, -0.05) is 45.3 Å². The summed E-state index contributed by atoms with van der Waals surface area (Å²) in [6.45, 7) is 13.5. The molecule has 43 heavy (non-hydrogen) atoms. The first-order valence-corrected chi connectivity index (χ1v) is 16.2. The van der Waals surface area contributed by atoms with Gasteiger partial charge in [-0.2, -0.15) is 0 Å². The number of aliphatic hydroxyl groups excluding tert-OH is 1. The molecule has 0 aromatic carbocycles. The van der Waals surface area contributed by atoms with Crippen LogP contribution in [0.3, 0.4) is 0 Å². The lowest BCUT2D eigenvalue weighted by Crippen LogP contribution is -2.60. The predicted octanol–water partition coefficient (Wildman–Crippen LogP) is 3.13. The number of nitrogens with zero attached hydrogens (tertiary/aromatic N) is 2. The number of hydrogen-bond acceptors (Lipinski definition) is 7. The average Bonchev–Trinajstić information content (AvgIpc) is 3.63. The minimum absolute atomic E-state index is 0.0474. The van der Waals surface area contributed by atoms with Gasteiger partial charge in [0, 0.05) is 19.0 Å². The fourth-order valence-electron chi connectivity index (χ4n) is 7.86. The van der Waals surface area contributed by atoms with Gasteiger partial charge in [0.25, 0.3) is 0 Å². The molecule has 10 nitrogen and oxygen atoms in total. The lowest BCUT2D eigenvalue weighted by atomic mass is 9.70. The number of carbonyl (C=O) groups excluding carboxylic acids is 4. The summed E-state index contributed by atoms with van der Waals surface area (Å²) in [6.07, 6.45) is 9.65. The first-order valence-electron chi connectivity index (χ1n) is 16.2. The number of hydrogen-bond donors (Lipinski definition) is 2. The van der Waals surface area contributed by atoms with E-state index in [0.29, 0.717) is 38.6 Å². The minimum atomic E-state index is -1.16. The molecule has 3 amide bonds. The van der Waals surface area contributed by atoms with Crippen LogP contribution in [0.2, 0.25) is 0 Å². The molecular formula is C33H51N3O7. The van der Waals surface area contributed by atoms with E-state index >= 15 is 0 Å². The van der Waals surface area contributed by atoms with Crippen LogP contribution in [0.4, 0.5) is 0 Å². The molecule has 4 rings (SSSR count). The maximum Gasteiger partial charge on any atom is 0.312 e. The summed E-state index contributed by atoms with van der Waals surface area (Å²) in [7, 11) is 0. The highest BCUT2D eigenvalue weighted by Crippen LogP contribution is 2.59. The molecule has 10 heteroatoms. The molecule has 3 heterocycles. The van der Waals surface area contributed by atoms with Crippen molar-refractivity contribution < 1.29 is 33.8 Å². The maximum atomic E-state index is 14.7. The standard InChI is InChI=1S/C33H51N3O7/c1-6-8-14-26(38)34-19-22(5)42-32(41)27-25-15-16-33(43-25)28(27)30(39)36(24(20-37)18-21(3)4)29(33)31(40)35(17-7-2)23-12-10-9-11-13-23/h6-7,21-25,27-29,37H,1-2,8-20H2,3-5H3,(H,34,38)/t22-,24-,25+,27-,28-,29+,33-/m1/s1. The van der Waals surface area contributed by atoms with Crippen LogP contribution >= 0.6 is 0 Å². The molecule has 1 aliphatic carbocycles. The maximum absolute atomic E-state index is 14.7. The van der Waals surface area contributed by atoms with E-state index in [-0.39, 0.29) is 42.8 Å². The predicted molar refractivity (Wildman–Crippen MR) is 162 cm³/mol. The number of nitrogens with one attached hydrogen (secondary N) is 1. The average molecular weight is 602 g/mol. The number of ether oxygens (including phenoxy) is 2. The molecule has 0 aromatic rings. The Bertz CT molecular complexity index is 1060. The van der Waals surface area contributed by atoms with Crippen LogP contribution in [-0.2, 0) is 28.7 Å². The van der Waals surface area contributed by atoms with E-state index in [9.17, 15) is 24.3 Å². The molecule has 4 fully saturated rings. The zero-order chi connectivity index (χ0) is 31.3. The van der Waals surface area contributed by atoms with Crippen molar-refractivity contribution in [2.75, 3.05) is 19.7 Å². The molecule has 3 aliphatic heterocycles. The number of amides is 3. The Hall–Kier alpha value is -2.72. The zero-order valence-corrected chi connectivity index (χ0v) is 26.2. The van der Waals surface area contributed by atoms with Crippen LogP contribution in [0.1, 0.15) is 85.0 Å². The third-order valence-corrected chi connectivity index (χ3v) is 9.70. The molecule has 0 aromatic heterocycles. The van der Waals surface area contributed by atoms with Gasteiger partial charge in [-0.25, -0.2) is 0 Å². The van der Waals surface area contributed by atoms with Crippen molar-refractivity contribution in [2.45, 2.75) is 121 Å². The van der Waals surface area contributed by atoms with Gasteiger partial charge in [-0.3, -0.25) is 19.2 Å². The highest BCUT2D eigenvalue weighted by molar-refractivity contribution is 5.98. The number of aliphatic hydroxyl groups is 1. The molecule has 4 aliphatic rings. The van der Waals surface area contributed by atoms with E-state index in [1.807, 2.05) is 18.7 Å². The van der Waals surface area contributed by atoms with Crippen molar-refractivity contribution >= 4 is 23.7 Å². The van der Waals surface area contributed by atoms with Crippen molar-refractivity contribution in [2.24, 2.45) is 17.8 Å². The second-order valence-corrected chi connectivity index (χ2v) is 13.2. The summed E-state index contributed by atoms with van der Waals surface area (Å²) in [4.78, 5) is 58.2. The normalized spacial score (nSPS) is 29.7. The Labute approximate surface area is 256 Å². The summed E-state index contributed by atoms with van der Waals surface area (Å²) in [5, 5.41) is 13.3. The van der Waals surface area contributed by atoms with Gasteiger partial charge in [0.2, 0.25) is 17.7 Å². The van der Waals surface area contributed by atoms with Gasteiger partial charge in [-0.05, 0) is 51.4 Å². The van der Waals surface area contributed by atoms with Crippen molar-refractivity contribution in [3.63, 3.8) is 0 Å². The Balaban J connectivity index is 1.62. The van der Waals surface area contributed by atoms with Gasteiger partial charge in [-0.15, -0.1) is 13.2 Å². The molecule has 1 saturated carbocycles. The summed E-state index contributed by atoms with van der Waals surface area (Å²) in [6, 6.07) is -1.47. The van der Waals surface area contributed by atoms with E-state index < -0.39 is 47.7 Å². The van der Waals surface area contributed by atoms with Crippen molar-refractivity contribution in [1.82, 2.24) is 15.1 Å². The number of fused-ring (bicyclic) bond motifs is 1. The third kappa shape index (κ3) is 6.70. The van der Waals surface area contributed by atoms with E-state index in [1.165, 1.54) is 0 Å². The monoisotopic (exact) mass is 601 g/mol. The van der Waals surface area contributed by atoms with Crippen molar-refractivity contribution in [3.8, 4) is 0 Å². The van der Waals surface area contributed by atoms with E-state index in [4.69, 9.17) is 9.47 Å². The SMILES string of the molecule is C=CCCC(=O)NC[C@@H](C)OC(=O)[C@@H]1[C@@H]2CC[C@]3(O2)[C@H](C(=O)N(CC=C)C2CCCCC2)N([C@@H](CO)CC(C)C)C(=O)[C@@H]13. The number of rotatable bonds is 15. The zero-order valence-electron chi connectivity index (χ0n) is 26.2. The molecule has 1 spiro atoms. The molecule has 3 saturated heterocycles. The topological polar surface area (TPSA) is 125 Å². The highest BCUT2D eigenvalue weighted by atomic mass is 16.6. The molecule has 0 radical (unpaired) electrons. The van der Waals surface area contributed by atoms with E-state index in [2.05, 4.69) is 18.5 Å². The number of allylic oxidation sites excluding steroid dienone is 1. The van der Waals surface area contributed by atoms with Crippen LogP contribution in [0, 0.1) is 17.8 Å². The first kappa shape index (κ1) is 33.2. The summed E-state index contributed by atoms with van der Waals surface area (Å²) >= 11 is 0. The van der Waals surface area contributed by atoms with Gasteiger partial charge in [0.05, 0.1) is 37.1 Å². The number of likely N-dealkylation sites (tertiary alicyclic amines) is 1. The quantitative estimate of drug-likeness (QED) is 0.218. The smallest absolute Gasteiger partial charge is 0.312 e. The largest absolute Gasteiger partial charge is 0.460 e. The molecular weight excluding hydrogens is 550 g/mol. The van der Waals surface area contributed by atoms with Gasteiger partial charge in [0.15, 0.2) is 0 Å². The van der Waals surface area contributed by atoms with Crippen molar-refractivity contribution in [1.29, 1.82) is 0 Å². The first-order chi connectivity index (χ1) is 20.6. The molecule has 240 valence electrons. The van der Waals surface area contributed by atoms with Crippen LogP contribution in [0.5, 0.6) is 0 Å². The Morgan fingerprint density at radius 2 is 1.88 bits per heavy atom. The number of esters is 1. The van der Waals surface area contributed by atoms with Crippen LogP contribution in [-0.4, -0.2) is 94.2 Å². The summed E-state index contributed by atoms with van der Waals surface area (Å²) in [5.74, 6) is -2.78. The van der Waals surface area contributed by atoms with Crippen LogP contribution < -0.4 is 5.32 Å². The van der Waals surface area contributed by atoms with Crippen LogP contribution in [0.25, 0.3) is 0 Å². The Morgan fingerprint density at radius 3 is 2.51 bits per heavy atom. The highest BCUT2D eigenvalue weighted by Gasteiger charge is 2.75. The Morgan fingerprint density at radius 1 is 1.16 bits per heavy atom. The summed E-state index contributed by atoms with van der Waals surface area (Å²) in [5.41, 5.74) is -1.16. The van der Waals surface area contributed by atoms with Crippen LogP contribution in [0.15, 0.2) is 25.3 Å². The fraction of sp³-hybridized carbons (Fsp3) is 0.758. The van der Waals surface area contributed by atoms with E-state index in [0.717, 1.165) is 32.1 Å². The molecule has 2 N–H and O–H groups in total. The Kier molecular flexibility index (Phi) is 11.1. The van der Waals surface area contributed by atoms with E-state index in [1.54, 1.807) is 24.0 Å². The molecule has 0 unspecified atom stereocenters. The molecule has 2 bridgehead atoms. The van der Waals surface area contributed by atoms with Gasteiger partial charge < -0.3 is 29.7 Å². The van der Waals surface area contributed by atoms with Crippen molar-refractivity contribution in [3.05, 3.63) is 25.3 Å². The number of carbonyl (C=O) groups is 4. The van der Waals surface area contributed by atoms with Gasteiger partial charge >= 0.3 is 5.97 Å². The second kappa shape index (κ2) is 14.4. The van der Waals surface area contributed by atoms with Gasteiger partial charge in [0.1, 0.15) is 17.7 Å². The molecule has 7 atom stereocenters. The second-order valence-electron chi connectivity index (χ2n) is 13.2. The minimum Gasteiger partial charge on any atom is -0.460 e.